The number of methoxy groups -OCH3 is 1. The number of rotatable bonds is 5. The standard InChI is InChI=1S/C18H15N3O4.C2HF3O2/c1-24-16-9-4-11-2-3-12(18(19)20)10-15(11)17(16)25-14-7-5-13(6-8-14)21(22)23;3-2(4,5)1(6)7/h2-10H,1H3,(H3,19,20);(H,6,7). The number of benzene rings is 3. The van der Waals surface area contributed by atoms with E-state index in [0.29, 0.717) is 22.8 Å². The highest BCUT2D eigenvalue weighted by atomic mass is 19.4. The third-order valence-corrected chi connectivity index (χ3v) is 3.98. The smallest absolute Gasteiger partial charge is 0.490 e. The Labute approximate surface area is 178 Å². The largest absolute Gasteiger partial charge is 0.493 e. The third-order valence-electron chi connectivity index (χ3n) is 3.98. The van der Waals surface area contributed by atoms with Crippen molar-refractivity contribution in [1.29, 1.82) is 5.41 Å². The molecule has 0 spiro atoms. The molecule has 32 heavy (non-hydrogen) atoms. The van der Waals surface area contributed by atoms with Gasteiger partial charge in [-0.15, -0.1) is 0 Å². The molecule has 0 aromatic heterocycles. The van der Waals surface area contributed by atoms with Crippen molar-refractivity contribution in [3.8, 4) is 17.2 Å². The minimum absolute atomic E-state index is 0.0175. The van der Waals surface area contributed by atoms with Crippen LogP contribution in [-0.2, 0) is 4.79 Å². The molecule has 0 amide bonds. The number of halogens is 3. The maximum Gasteiger partial charge on any atom is 0.490 e. The number of nitrogens with one attached hydrogen (secondary N) is 1. The van der Waals surface area contributed by atoms with E-state index in [-0.39, 0.29) is 11.5 Å². The average Bonchev–Trinajstić information content (AvgIpc) is 2.73. The van der Waals surface area contributed by atoms with Crippen molar-refractivity contribution in [3.63, 3.8) is 0 Å². The van der Waals surface area contributed by atoms with E-state index in [1.54, 1.807) is 18.2 Å². The highest BCUT2D eigenvalue weighted by Gasteiger charge is 2.38. The molecule has 0 saturated heterocycles. The van der Waals surface area contributed by atoms with Gasteiger partial charge < -0.3 is 20.3 Å². The first kappa shape index (κ1) is 23.9. The van der Waals surface area contributed by atoms with Crippen LogP contribution in [0.4, 0.5) is 18.9 Å². The Morgan fingerprint density at radius 3 is 2.16 bits per heavy atom. The van der Waals surface area contributed by atoms with Crippen molar-refractivity contribution >= 4 is 28.3 Å². The molecule has 168 valence electrons. The molecule has 0 heterocycles. The normalized spacial score (nSPS) is 10.6. The van der Waals surface area contributed by atoms with Crippen LogP contribution in [0, 0.1) is 15.5 Å². The Bertz CT molecular complexity index is 1160. The van der Waals surface area contributed by atoms with Crippen molar-refractivity contribution in [2.24, 2.45) is 5.73 Å². The molecule has 0 aliphatic carbocycles. The van der Waals surface area contributed by atoms with Crippen LogP contribution in [0.25, 0.3) is 10.8 Å². The molecular weight excluding hydrogens is 435 g/mol. The SMILES string of the molecule is COc1ccc2ccc(C(=N)N)cc2c1Oc1ccc([N+](=O)[O-])cc1.O=C(O)C(F)(F)F. The number of amidine groups is 1. The van der Waals surface area contributed by atoms with Gasteiger partial charge in [0.25, 0.3) is 5.69 Å². The van der Waals surface area contributed by atoms with Crippen LogP contribution >= 0.6 is 0 Å². The van der Waals surface area contributed by atoms with E-state index in [4.69, 9.17) is 30.5 Å². The average molecular weight is 451 g/mol. The topological polar surface area (TPSA) is 149 Å². The minimum Gasteiger partial charge on any atom is -0.493 e. The van der Waals surface area contributed by atoms with Crippen LogP contribution < -0.4 is 15.2 Å². The predicted octanol–water partition coefficient (Wildman–Crippen LogP) is 4.47. The van der Waals surface area contributed by atoms with Crippen LogP contribution in [0.15, 0.2) is 54.6 Å². The number of nitrogens with two attached hydrogens (primary N) is 1. The molecule has 0 bridgehead atoms. The van der Waals surface area contributed by atoms with Crippen molar-refractivity contribution < 1.29 is 37.5 Å². The molecule has 3 rings (SSSR count). The van der Waals surface area contributed by atoms with Crippen LogP contribution in [0.5, 0.6) is 17.2 Å². The third kappa shape index (κ3) is 5.84. The maximum atomic E-state index is 10.8. The number of alkyl halides is 3. The van der Waals surface area contributed by atoms with Gasteiger partial charge in [-0.25, -0.2) is 4.79 Å². The summed E-state index contributed by atoms with van der Waals surface area (Å²) in [6.07, 6.45) is -5.08. The number of carbonyl (C=O) groups is 1. The fourth-order valence-electron chi connectivity index (χ4n) is 2.46. The lowest BCUT2D eigenvalue weighted by Crippen LogP contribution is -2.21. The number of fused-ring (bicyclic) bond motifs is 1. The number of hydrogen-bond acceptors (Lipinski definition) is 6. The van der Waals surface area contributed by atoms with Gasteiger partial charge in [0.2, 0.25) is 0 Å². The number of carboxylic acid groups (broad SMARTS) is 1. The highest BCUT2D eigenvalue weighted by molar-refractivity contribution is 6.01. The zero-order chi connectivity index (χ0) is 24.1. The molecule has 3 aromatic carbocycles. The number of ether oxygens (including phenoxy) is 2. The van der Waals surface area contributed by atoms with Gasteiger partial charge in [-0.1, -0.05) is 18.2 Å². The Morgan fingerprint density at radius 2 is 1.69 bits per heavy atom. The van der Waals surface area contributed by atoms with Gasteiger partial charge in [-0.2, -0.15) is 13.2 Å². The summed E-state index contributed by atoms with van der Waals surface area (Å²) in [5.74, 6) is -1.41. The van der Waals surface area contributed by atoms with Crippen LogP contribution in [0.3, 0.4) is 0 Å². The second kappa shape index (κ2) is 9.64. The second-order valence-electron chi connectivity index (χ2n) is 6.10. The predicted molar refractivity (Wildman–Crippen MR) is 108 cm³/mol. The molecule has 0 unspecified atom stereocenters. The lowest BCUT2D eigenvalue weighted by molar-refractivity contribution is -0.384. The quantitative estimate of drug-likeness (QED) is 0.224. The molecule has 4 N–H and O–H groups in total. The molecular formula is C20H16F3N3O6. The van der Waals surface area contributed by atoms with E-state index in [2.05, 4.69) is 0 Å². The number of carboxylic acids is 1. The number of hydrogen-bond donors (Lipinski definition) is 3. The number of nitrogen functional groups attached to an aromatic ring is 1. The molecule has 0 radical (unpaired) electrons. The van der Waals surface area contributed by atoms with Crippen molar-refractivity contribution in [3.05, 3.63) is 70.3 Å². The van der Waals surface area contributed by atoms with Gasteiger partial charge in [0.1, 0.15) is 11.6 Å². The summed E-state index contributed by atoms with van der Waals surface area (Å²) in [7, 11) is 1.53. The molecule has 0 fully saturated rings. The lowest BCUT2D eigenvalue weighted by Gasteiger charge is -2.14. The summed E-state index contributed by atoms with van der Waals surface area (Å²) >= 11 is 0. The van der Waals surface area contributed by atoms with Gasteiger partial charge in [0.15, 0.2) is 11.5 Å². The van der Waals surface area contributed by atoms with Gasteiger partial charge in [-0.3, -0.25) is 15.5 Å². The molecule has 0 saturated carbocycles. The minimum atomic E-state index is -5.08. The number of nitro benzene ring substituents is 1. The van der Waals surface area contributed by atoms with Crippen molar-refractivity contribution in [2.75, 3.05) is 7.11 Å². The second-order valence-corrected chi connectivity index (χ2v) is 6.10. The zero-order valence-electron chi connectivity index (χ0n) is 16.3. The summed E-state index contributed by atoms with van der Waals surface area (Å²) in [4.78, 5) is 19.2. The summed E-state index contributed by atoms with van der Waals surface area (Å²) in [5, 5.41) is 27.1. The van der Waals surface area contributed by atoms with Gasteiger partial charge in [-0.05, 0) is 29.7 Å². The zero-order valence-corrected chi connectivity index (χ0v) is 16.3. The number of nitro groups is 1. The van der Waals surface area contributed by atoms with E-state index >= 15 is 0 Å². The molecule has 0 atom stereocenters. The summed E-state index contributed by atoms with van der Waals surface area (Å²) in [6, 6.07) is 14.8. The first-order chi connectivity index (χ1) is 14.9. The Morgan fingerprint density at radius 1 is 1.12 bits per heavy atom. The van der Waals surface area contributed by atoms with E-state index < -0.39 is 17.1 Å². The van der Waals surface area contributed by atoms with Crippen molar-refractivity contribution in [1.82, 2.24) is 0 Å². The van der Waals surface area contributed by atoms with Crippen molar-refractivity contribution in [2.45, 2.75) is 6.18 Å². The molecule has 0 aliphatic rings. The van der Waals surface area contributed by atoms with E-state index in [1.165, 1.54) is 31.4 Å². The fraction of sp³-hybridized carbons (Fsp3) is 0.100. The first-order valence-electron chi connectivity index (χ1n) is 8.61. The van der Waals surface area contributed by atoms with E-state index in [1.807, 2.05) is 12.1 Å². The number of non-ortho nitro benzene ring substituents is 1. The van der Waals surface area contributed by atoms with Gasteiger partial charge in [0, 0.05) is 23.1 Å². The Hall–Kier alpha value is -4.35. The van der Waals surface area contributed by atoms with Gasteiger partial charge >= 0.3 is 12.1 Å². The van der Waals surface area contributed by atoms with Crippen LogP contribution in [0.1, 0.15) is 5.56 Å². The Kier molecular flexibility index (Phi) is 7.21. The van der Waals surface area contributed by atoms with Crippen LogP contribution in [-0.4, -0.2) is 35.1 Å². The number of aliphatic carboxylic acids is 1. The monoisotopic (exact) mass is 451 g/mol. The molecule has 12 heteroatoms. The lowest BCUT2D eigenvalue weighted by atomic mass is 10.0. The van der Waals surface area contributed by atoms with Gasteiger partial charge in [0.05, 0.1) is 12.0 Å². The summed E-state index contributed by atoms with van der Waals surface area (Å²) in [5.41, 5.74) is 6.12. The van der Waals surface area contributed by atoms with E-state index in [9.17, 15) is 23.3 Å². The Balaban J connectivity index is 0.000000451. The summed E-state index contributed by atoms with van der Waals surface area (Å²) < 4.78 is 43.0. The molecule has 9 nitrogen and oxygen atoms in total. The van der Waals surface area contributed by atoms with E-state index in [0.717, 1.165) is 10.8 Å². The first-order valence-corrected chi connectivity index (χ1v) is 8.61. The number of nitrogens with zero attached hydrogens (tertiary/aromatic N) is 1. The van der Waals surface area contributed by atoms with Crippen LogP contribution in [0.2, 0.25) is 0 Å². The molecule has 3 aromatic rings. The molecule has 0 aliphatic heterocycles. The summed E-state index contributed by atoms with van der Waals surface area (Å²) in [6.45, 7) is 0. The maximum absolute atomic E-state index is 10.8. The fourth-order valence-corrected chi connectivity index (χ4v) is 2.46. The highest BCUT2D eigenvalue weighted by Crippen LogP contribution is 2.39.